The summed E-state index contributed by atoms with van der Waals surface area (Å²) in [6.45, 7) is 3.99. The van der Waals surface area contributed by atoms with Crippen LogP contribution >= 0.6 is 23.2 Å². The van der Waals surface area contributed by atoms with Gasteiger partial charge in [-0.25, -0.2) is 5.43 Å². The van der Waals surface area contributed by atoms with Gasteiger partial charge in [-0.1, -0.05) is 47.0 Å². The van der Waals surface area contributed by atoms with Gasteiger partial charge in [-0.3, -0.25) is 4.79 Å². The Balaban J connectivity index is 1.55. The number of nitrogens with zero attached hydrogens (tertiary/aromatic N) is 1. The Kier molecular flexibility index (Phi) is 8.58. The van der Waals surface area contributed by atoms with Crippen molar-refractivity contribution >= 4 is 35.3 Å². The lowest BCUT2D eigenvalue weighted by Crippen LogP contribution is -2.24. The molecule has 0 aliphatic heterocycles. The third kappa shape index (κ3) is 6.88. The first-order valence-electron chi connectivity index (χ1n) is 10.1. The zero-order valence-electron chi connectivity index (χ0n) is 18.5. The maximum absolute atomic E-state index is 12.0. The highest BCUT2D eigenvalue weighted by molar-refractivity contribution is 6.35. The number of amides is 1. The number of nitrogens with one attached hydrogen (secondary N) is 1. The van der Waals surface area contributed by atoms with Crippen molar-refractivity contribution in [3.05, 3.63) is 86.9 Å². The summed E-state index contributed by atoms with van der Waals surface area (Å²) in [4.78, 5) is 12.0. The summed E-state index contributed by atoms with van der Waals surface area (Å²) in [6, 6.07) is 16.3. The van der Waals surface area contributed by atoms with Crippen LogP contribution in [-0.4, -0.2) is 25.8 Å². The summed E-state index contributed by atoms with van der Waals surface area (Å²) in [5.74, 6) is 1.33. The molecule has 0 heterocycles. The Morgan fingerprint density at radius 3 is 2.39 bits per heavy atom. The molecule has 0 radical (unpaired) electrons. The molecule has 1 N–H and O–H groups in total. The number of carbonyl (C=O) groups is 1. The van der Waals surface area contributed by atoms with Crippen LogP contribution in [0.2, 0.25) is 10.0 Å². The number of aryl methyl sites for hydroxylation is 2. The molecule has 0 saturated carbocycles. The van der Waals surface area contributed by atoms with Crippen molar-refractivity contribution in [1.29, 1.82) is 0 Å². The van der Waals surface area contributed by atoms with E-state index in [1.54, 1.807) is 36.4 Å². The molecule has 0 aliphatic rings. The van der Waals surface area contributed by atoms with Crippen molar-refractivity contribution < 1.29 is 19.0 Å². The molecular formula is C25H24Cl2N2O4. The Morgan fingerprint density at radius 2 is 1.70 bits per heavy atom. The van der Waals surface area contributed by atoms with Crippen molar-refractivity contribution in [2.75, 3.05) is 13.7 Å². The number of benzene rings is 3. The van der Waals surface area contributed by atoms with Crippen LogP contribution in [0.3, 0.4) is 0 Å². The third-order valence-electron chi connectivity index (χ3n) is 4.71. The lowest BCUT2D eigenvalue weighted by molar-refractivity contribution is -0.123. The molecule has 0 aliphatic carbocycles. The average Bonchev–Trinajstić information content (AvgIpc) is 2.78. The molecule has 0 saturated heterocycles. The highest BCUT2D eigenvalue weighted by Gasteiger charge is 2.10. The Labute approximate surface area is 203 Å². The van der Waals surface area contributed by atoms with E-state index in [9.17, 15) is 4.79 Å². The van der Waals surface area contributed by atoms with Gasteiger partial charge in [0.05, 0.1) is 13.3 Å². The number of hydrogen-bond donors (Lipinski definition) is 1. The molecule has 1 amide bonds. The van der Waals surface area contributed by atoms with Gasteiger partial charge in [-0.2, -0.15) is 5.10 Å². The number of hydrazone groups is 1. The molecule has 172 valence electrons. The fourth-order valence-corrected chi connectivity index (χ4v) is 3.53. The Bertz CT molecular complexity index is 1140. The summed E-state index contributed by atoms with van der Waals surface area (Å²) in [7, 11) is 1.54. The molecule has 3 rings (SSSR count). The molecule has 33 heavy (non-hydrogen) atoms. The van der Waals surface area contributed by atoms with Crippen LogP contribution < -0.4 is 19.6 Å². The molecular weight excluding hydrogens is 463 g/mol. The normalized spacial score (nSPS) is 10.8. The minimum absolute atomic E-state index is 0.137. The van der Waals surface area contributed by atoms with Gasteiger partial charge in [0.1, 0.15) is 12.4 Å². The first kappa shape index (κ1) is 24.4. The van der Waals surface area contributed by atoms with E-state index in [-0.39, 0.29) is 19.1 Å². The standard InChI is InChI=1S/C25H24Cl2N2O4/c1-16-7-9-22(17(2)11-16)33-15-25(30)29-28-13-18-8-10-23(24(12-18)31-3)32-14-19-20(26)5-4-6-21(19)27/h4-13H,14-15H2,1-3H3,(H,29,30)/b28-13-. The second-order valence-corrected chi connectivity index (χ2v) is 8.06. The molecule has 0 fully saturated rings. The van der Waals surface area contributed by atoms with Crippen molar-refractivity contribution in [3.8, 4) is 17.2 Å². The maximum Gasteiger partial charge on any atom is 0.277 e. The van der Waals surface area contributed by atoms with Crippen molar-refractivity contribution in [1.82, 2.24) is 5.43 Å². The lowest BCUT2D eigenvalue weighted by Gasteiger charge is -2.13. The summed E-state index contributed by atoms with van der Waals surface area (Å²) in [5.41, 5.74) is 5.96. The number of carbonyl (C=O) groups excluding carboxylic acids is 1. The monoisotopic (exact) mass is 486 g/mol. The summed E-state index contributed by atoms with van der Waals surface area (Å²) < 4.78 is 16.8. The van der Waals surface area contributed by atoms with Gasteiger partial charge < -0.3 is 14.2 Å². The molecule has 3 aromatic carbocycles. The smallest absolute Gasteiger partial charge is 0.277 e. The average molecular weight is 487 g/mol. The van der Waals surface area contributed by atoms with Gasteiger partial charge in [0, 0.05) is 15.6 Å². The second-order valence-electron chi connectivity index (χ2n) is 7.25. The largest absolute Gasteiger partial charge is 0.493 e. The van der Waals surface area contributed by atoms with Crippen LogP contribution in [0.5, 0.6) is 17.2 Å². The molecule has 8 heteroatoms. The molecule has 0 spiro atoms. The first-order valence-corrected chi connectivity index (χ1v) is 10.9. The van der Waals surface area contributed by atoms with Gasteiger partial charge in [-0.15, -0.1) is 0 Å². The molecule has 0 bridgehead atoms. The number of halogens is 2. The number of hydrogen-bond acceptors (Lipinski definition) is 5. The highest BCUT2D eigenvalue weighted by Crippen LogP contribution is 2.31. The van der Waals surface area contributed by atoms with Gasteiger partial charge in [-0.05, 0) is 61.4 Å². The summed E-state index contributed by atoms with van der Waals surface area (Å²) in [5, 5.41) is 5.04. The van der Waals surface area contributed by atoms with Crippen LogP contribution in [0.4, 0.5) is 0 Å². The quantitative estimate of drug-likeness (QED) is 0.309. The Morgan fingerprint density at radius 1 is 0.970 bits per heavy atom. The first-order chi connectivity index (χ1) is 15.9. The van der Waals surface area contributed by atoms with Crippen LogP contribution in [0.25, 0.3) is 0 Å². The van der Waals surface area contributed by atoms with E-state index in [1.165, 1.54) is 13.3 Å². The predicted octanol–water partition coefficient (Wildman–Crippen LogP) is 5.73. The molecule has 3 aromatic rings. The Hall–Kier alpha value is -3.22. The fourth-order valence-electron chi connectivity index (χ4n) is 3.02. The summed E-state index contributed by atoms with van der Waals surface area (Å²) >= 11 is 12.4. The van der Waals surface area contributed by atoms with E-state index in [4.69, 9.17) is 37.4 Å². The predicted molar refractivity (Wildman–Crippen MR) is 131 cm³/mol. The zero-order valence-corrected chi connectivity index (χ0v) is 20.0. The molecule has 0 aromatic heterocycles. The number of methoxy groups -OCH3 is 1. The fraction of sp³-hybridized carbons (Fsp3) is 0.200. The van der Waals surface area contributed by atoms with Crippen LogP contribution in [0, 0.1) is 13.8 Å². The minimum Gasteiger partial charge on any atom is -0.493 e. The van der Waals surface area contributed by atoms with Crippen molar-refractivity contribution in [3.63, 3.8) is 0 Å². The van der Waals surface area contributed by atoms with E-state index in [1.807, 2.05) is 32.0 Å². The van der Waals surface area contributed by atoms with Crippen molar-refractivity contribution in [2.45, 2.75) is 20.5 Å². The lowest BCUT2D eigenvalue weighted by atomic mass is 10.1. The van der Waals surface area contributed by atoms with Gasteiger partial charge >= 0.3 is 0 Å². The van der Waals surface area contributed by atoms with Crippen LogP contribution in [0.15, 0.2) is 59.7 Å². The van der Waals surface area contributed by atoms with E-state index in [0.29, 0.717) is 38.4 Å². The van der Waals surface area contributed by atoms with Crippen LogP contribution in [-0.2, 0) is 11.4 Å². The van der Waals surface area contributed by atoms with Gasteiger partial charge in [0.25, 0.3) is 5.91 Å². The summed E-state index contributed by atoms with van der Waals surface area (Å²) in [6.07, 6.45) is 1.51. The van der Waals surface area contributed by atoms with E-state index in [0.717, 1.165) is 11.1 Å². The van der Waals surface area contributed by atoms with Gasteiger partial charge in [0.15, 0.2) is 18.1 Å². The SMILES string of the molecule is COc1cc(/C=N\NC(=O)COc2ccc(C)cc2C)ccc1OCc1c(Cl)cccc1Cl. The molecule has 0 unspecified atom stereocenters. The van der Waals surface area contributed by atoms with E-state index in [2.05, 4.69) is 10.5 Å². The second kappa shape index (κ2) is 11.6. The molecule has 6 nitrogen and oxygen atoms in total. The third-order valence-corrected chi connectivity index (χ3v) is 5.42. The topological polar surface area (TPSA) is 69.2 Å². The number of rotatable bonds is 9. The zero-order chi connectivity index (χ0) is 23.8. The van der Waals surface area contributed by atoms with E-state index < -0.39 is 0 Å². The van der Waals surface area contributed by atoms with Gasteiger partial charge in [0.2, 0.25) is 0 Å². The highest BCUT2D eigenvalue weighted by atomic mass is 35.5. The van der Waals surface area contributed by atoms with Crippen molar-refractivity contribution in [2.24, 2.45) is 5.10 Å². The van der Waals surface area contributed by atoms with Crippen LogP contribution in [0.1, 0.15) is 22.3 Å². The number of ether oxygens (including phenoxy) is 3. The maximum atomic E-state index is 12.0. The molecule has 0 atom stereocenters. The minimum atomic E-state index is -0.366. The van der Waals surface area contributed by atoms with E-state index >= 15 is 0 Å².